The van der Waals surface area contributed by atoms with E-state index in [0.29, 0.717) is 25.2 Å². The van der Waals surface area contributed by atoms with Crippen molar-refractivity contribution in [1.29, 1.82) is 0 Å². The number of hydrogen-bond acceptors (Lipinski definition) is 4. The minimum atomic E-state index is -0.0249. The highest BCUT2D eigenvalue weighted by Gasteiger charge is 2.09. The number of unbranched alkanes of at least 4 members (excludes halogenated alkanes) is 1. The second-order valence-electron chi connectivity index (χ2n) is 5.24. The molecule has 0 atom stereocenters. The fourth-order valence-electron chi connectivity index (χ4n) is 2.12. The largest absolute Gasteiger partial charge is 0.398 e. The number of hydrogen-bond donors (Lipinski definition) is 3. The van der Waals surface area contributed by atoms with E-state index in [0.717, 1.165) is 30.6 Å². The molecular weight excluding hydrogens is 266 g/mol. The first-order chi connectivity index (χ1) is 10.1. The Kier molecular flexibility index (Phi) is 7.79. The van der Waals surface area contributed by atoms with Gasteiger partial charge in [0.05, 0.1) is 6.61 Å². The minimum Gasteiger partial charge on any atom is -0.398 e. The Morgan fingerprint density at radius 1 is 1.33 bits per heavy atom. The number of carbonyl (C=O) groups excluding carboxylic acids is 1. The normalized spacial score (nSPS) is 10.9. The standard InChI is InChI=1S/C16H27N3O2/c1-3-4-9-19(11-12-20)10-8-16(21)18-15-7-5-6-14(17)13(15)2/h5-7,20H,3-4,8-12,17H2,1-2H3,(H,18,21). The van der Waals surface area contributed by atoms with Crippen LogP contribution in [0.25, 0.3) is 0 Å². The van der Waals surface area contributed by atoms with Crippen LogP contribution in [0.15, 0.2) is 18.2 Å². The van der Waals surface area contributed by atoms with Gasteiger partial charge in [-0.25, -0.2) is 0 Å². The molecular formula is C16H27N3O2. The lowest BCUT2D eigenvalue weighted by atomic mass is 10.1. The molecule has 1 amide bonds. The molecule has 0 fully saturated rings. The summed E-state index contributed by atoms with van der Waals surface area (Å²) >= 11 is 0. The second kappa shape index (κ2) is 9.37. The molecule has 0 aromatic heterocycles. The molecule has 0 heterocycles. The molecule has 0 spiro atoms. The molecule has 0 unspecified atom stereocenters. The quantitative estimate of drug-likeness (QED) is 0.609. The molecule has 1 aromatic carbocycles. The van der Waals surface area contributed by atoms with Crippen LogP contribution in [0.1, 0.15) is 31.7 Å². The van der Waals surface area contributed by atoms with E-state index in [-0.39, 0.29) is 12.5 Å². The van der Waals surface area contributed by atoms with Gasteiger partial charge in [-0.15, -0.1) is 0 Å². The Bertz CT molecular complexity index is 449. The minimum absolute atomic E-state index is 0.0249. The van der Waals surface area contributed by atoms with Gasteiger partial charge in [-0.1, -0.05) is 19.4 Å². The predicted molar refractivity (Wildman–Crippen MR) is 87.3 cm³/mol. The number of nitrogens with one attached hydrogen (secondary N) is 1. The smallest absolute Gasteiger partial charge is 0.225 e. The van der Waals surface area contributed by atoms with Gasteiger partial charge in [-0.3, -0.25) is 4.79 Å². The van der Waals surface area contributed by atoms with Crippen molar-refractivity contribution in [2.45, 2.75) is 33.1 Å². The Hall–Kier alpha value is -1.59. The maximum Gasteiger partial charge on any atom is 0.225 e. The summed E-state index contributed by atoms with van der Waals surface area (Å²) in [6, 6.07) is 5.50. The molecule has 4 N–H and O–H groups in total. The number of nitrogens with two attached hydrogens (primary N) is 1. The Morgan fingerprint density at radius 3 is 2.76 bits per heavy atom. The molecule has 1 aromatic rings. The highest BCUT2D eigenvalue weighted by Crippen LogP contribution is 2.20. The van der Waals surface area contributed by atoms with Gasteiger partial charge in [0.15, 0.2) is 0 Å². The lowest BCUT2D eigenvalue weighted by molar-refractivity contribution is -0.116. The molecule has 1 rings (SSSR count). The van der Waals surface area contributed by atoms with E-state index in [4.69, 9.17) is 10.8 Å². The number of aliphatic hydroxyl groups excluding tert-OH is 1. The number of nitrogen functional groups attached to an aromatic ring is 1. The summed E-state index contributed by atoms with van der Waals surface area (Å²) in [4.78, 5) is 14.1. The number of rotatable bonds is 9. The number of nitrogens with zero attached hydrogens (tertiary/aromatic N) is 1. The van der Waals surface area contributed by atoms with Crippen molar-refractivity contribution in [1.82, 2.24) is 4.90 Å². The zero-order valence-corrected chi connectivity index (χ0v) is 13.1. The lowest BCUT2D eigenvalue weighted by Crippen LogP contribution is -2.31. The van der Waals surface area contributed by atoms with Crippen LogP contribution in [0, 0.1) is 6.92 Å². The molecule has 118 valence electrons. The van der Waals surface area contributed by atoms with E-state index in [1.54, 1.807) is 0 Å². The Labute approximate surface area is 127 Å². The van der Waals surface area contributed by atoms with Crippen molar-refractivity contribution in [3.63, 3.8) is 0 Å². The van der Waals surface area contributed by atoms with Crippen LogP contribution in [-0.4, -0.2) is 42.2 Å². The van der Waals surface area contributed by atoms with Gasteiger partial charge in [-0.05, 0) is 37.6 Å². The van der Waals surface area contributed by atoms with E-state index in [1.807, 2.05) is 25.1 Å². The van der Waals surface area contributed by atoms with Crippen LogP contribution >= 0.6 is 0 Å². The molecule has 5 heteroatoms. The molecule has 0 saturated carbocycles. The van der Waals surface area contributed by atoms with Crippen molar-refractivity contribution in [2.24, 2.45) is 0 Å². The molecule has 0 aliphatic carbocycles. The Balaban J connectivity index is 2.47. The third-order valence-corrected chi connectivity index (χ3v) is 3.55. The van der Waals surface area contributed by atoms with E-state index < -0.39 is 0 Å². The fraction of sp³-hybridized carbons (Fsp3) is 0.562. The Morgan fingerprint density at radius 2 is 2.10 bits per heavy atom. The summed E-state index contributed by atoms with van der Waals surface area (Å²) in [5, 5.41) is 11.9. The first kappa shape index (κ1) is 17.5. The van der Waals surface area contributed by atoms with Crippen LogP contribution in [-0.2, 0) is 4.79 Å². The molecule has 21 heavy (non-hydrogen) atoms. The van der Waals surface area contributed by atoms with Gasteiger partial charge in [-0.2, -0.15) is 0 Å². The first-order valence-corrected chi connectivity index (χ1v) is 7.56. The zero-order chi connectivity index (χ0) is 15.7. The third-order valence-electron chi connectivity index (χ3n) is 3.55. The number of carbonyl (C=O) groups is 1. The molecule has 0 saturated heterocycles. The second-order valence-corrected chi connectivity index (χ2v) is 5.24. The summed E-state index contributed by atoms with van der Waals surface area (Å²) in [7, 11) is 0. The van der Waals surface area contributed by atoms with Crippen LogP contribution < -0.4 is 11.1 Å². The van der Waals surface area contributed by atoms with Crippen molar-refractivity contribution in [2.75, 3.05) is 37.3 Å². The van der Waals surface area contributed by atoms with Gasteiger partial charge in [0, 0.05) is 30.9 Å². The first-order valence-electron chi connectivity index (χ1n) is 7.56. The topological polar surface area (TPSA) is 78.6 Å². The highest BCUT2D eigenvalue weighted by atomic mass is 16.3. The number of aliphatic hydroxyl groups is 1. The third kappa shape index (κ3) is 6.14. The van der Waals surface area contributed by atoms with E-state index in [1.165, 1.54) is 0 Å². The zero-order valence-electron chi connectivity index (χ0n) is 13.1. The lowest BCUT2D eigenvalue weighted by Gasteiger charge is -2.20. The maximum atomic E-state index is 12.0. The average molecular weight is 293 g/mol. The van der Waals surface area contributed by atoms with Crippen molar-refractivity contribution >= 4 is 17.3 Å². The monoisotopic (exact) mass is 293 g/mol. The van der Waals surface area contributed by atoms with Crippen LogP contribution in [0.3, 0.4) is 0 Å². The van der Waals surface area contributed by atoms with Gasteiger partial charge >= 0.3 is 0 Å². The summed E-state index contributed by atoms with van der Waals surface area (Å²) in [6.07, 6.45) is 2.60. The maximum absolute atomic E-state index is 12.0. The average Bonchev–Trinajstić information content (AvgIpc) is 2.47. The van der Waals surface area contributed by atoms with E-state index in [9.17, 15) is 4.79 Å². The molecule has 0 bridgehead atoms. The van der Waals surface area contributed by atoms with Gasteiger partial charge in [0.1, 0.15) is 0 Å². The SMILES string of the molecule is CCCCN(CCO)CCC(=O)Nc1cccc(N)c1C. The van der Waals surface area contributed by atoms with Crippen LogP contribution in [0.4, 0.5) is 11.4 Å². The molecule has 5 nitrogen and oxygen atoms in total. The van der Waals surface area contributed by atoms with Crippen molar-refractivity contribution in [3.05, 3.63) is 23.8 Å². The van der Waals surface area contributed by atoms with Crippen molar-refractivity contribution in [3.8, 4) is 0 Å². The number of amides is 1. The van der Waals surface area contributed by atoms with Crippen molar-refractivity contribution < 1.29 is 9.90 Å². The number of benzene rings is 1. The summed E-state index contributed by atoms with van der Waals surface area (Å²) < 4.78 is 0. The van der Waals surface area contributed by atoms with E-state index in [2.05, 4.69) is 17.1 Å². The van der Waals surface area contributed by atoms with Gasteiger partial charge in [0.25, 0.3) is 0 Å². The fourth-order valence-corrected chi connectivity index (χ4v) is 2.12. The van der Waals surface area contributed by atoms with E-state index >= 15 is 0 Å². The summed E-state index contributed by atoms with van der Waals surface area (Å²) in [5.74, 6) is -0.0249. The summed E-state index contributed by atoms with van der Waals surface area (Å²) in [6.45, 7) is 6.34. The highest BCUT2D eigenvalue weighted by molar-refractivity contribution is 5.92. The molecule has 0 radical (unpaired) electrons. The van der Waals surface area contributed by atoms with Gasteiger partial charge in [0.2, 0.25) is 5.91 Å². The molecule has 0 aliphatic heterocycles. The predicted octanol–water partition coefficient (Wildman–Crippen LogP) is 2.00. The summed E-state index contributed by atoms with van der Waals surface area (Å²) in [5.41, 5.74) is 8.16. The van der Waals surface area contributed by atoms with Gasteiger partial charge < -0.3 is 21.1 Å². The molecule has 0 aliphatic rings. The van der Waals surface area contributed by atoms with Crippen LogP contribution in [0.2, 0.25) is 0 Å². The number of anilines is 2. The van der Waals surface area contributed by atoms with Crippen LogP contribution in [0.5, 0.6) is 0 Å².